The van der Waals surface area contributed by atoms with E-state index in [0.29, 0.717) is 40.6 Å². The first-order valence-corrected chi connectivity index (χ1v) is 13.3. The third kappa shape index (κ3) is 5.69. The molecule has 4 aromatic rings. The third-order valence-electron chi connectivity index (χ3n) is 7.20. The number of benzene rings is 2. The van der Waals surface area contributed by atoms with Gasteiger partial charge in [-0.15, -0.1) is 0 Å². The van der Waals surface area contributed by atoms with Gasteiger partial charge in [0.15, 0.2) is 0 Å². The average Bonchev–Trinajstić information content (AvgIpc) is 3.24. The second-order valence-electron chi connectivity index (χ2n) is 11.1. The molecule has 0 atom stereocenters. The molecule has 0 saturated heterocycles. The lowest BCUT2D eigenvalue weighted by Crippen LogP contribution is -2.45. The Kier molecular flexibility index (Phi) is 7.49. The van der Waals surface area contributed by atoms with Gasteiger partial charge in [0.05, 0.1) is 23.4 Å². The first kappa shape index (κ1) is 29.7. The fourth-order valence-corrected chi connectivity index (χ4v) is 5.37. The number of amides is 2. The van der Waals surface area contributed by atoms with E-state index in [1.807, 2.05) is 0 Å². The minimum atomic E-state index is -4.73. The van der Waals surface area contributed by atoms with E-state index in [1.54, 1.807) is 31.4 Å². The largest absolute Gasteiger partial charge is 0.465 e. The number of carbonyl (C=O) groups is 2. The second-order valence-corrected chi connectivity index (χ2v) is 11.1. The fourth-order valence-electron chi connectivity index (χ4n) is 5.37. The smallest absolute Gasteiger partial charge is 0.416 e. The highest BCUT2D eigenvalue weighted by Crippen LogP contribution is 2.42. The number of carbonyl (C=O) groups excluding carboxylic acids is 1. The first-order valence-electron chi connectivity index (χ1n) is 13.3. The van der Waals surface area contributed by atoms with Crippen molar-refractivity contribution in [1.82, 2.24) is 14.9 Å². The van der Waals surface area contributed by atoms with E-state index in [1.165, 1.54) is 36.5 Å². The highest BCUT2D eigenvalue weighted by Gasteiger charge is 2.34. The van der Waals surface area contributed by atoms with Crippen LogP contribution in [-0.4, -0.2) is 38.7 Å². The van der Waals surface area contributed by atoms with E-state index < -0.39 is 40.9 Å². The maximum Gasteiger partial charge on any atom is 0.416 e. The van der Waals surface area contributed by atoms with Crippen molar-refractivity contribution >= 4 is 17.8 Å². The average molecular weight is 599 g/mol. The molecule has 2 N–H and O–H groups in total. The highest BCUT2D eigenvalue weighted by atomic mass is 19.4. The Morgan fingerprint density at radius 3 is 2.30 bits per heavy atom. The molecule has 1 aliphatic heterocycles. The lowest BCUT2D eigenvalue weighted by Gasteiger charge is -2.32. The molecule has 2 amide bonds. The Balaban J connectivity index is 1.80. The number of carboxylic acid groups (broad SMARTS) is 1. The Morgan fingerprint density at radius 2 is 1.70 bits per heavy atom. The summed E-state index contributed by atoms with van der Waals surface area (Å²) >= 11 is 0. The van der Waals surface area contributed by atoms with E-state index >= 15 is 4.39 Å². The molecule has 0 unspecified atom stereocenters. The van der Waals surface area contributed by atoms with Crippen LogP contribution in [0.5, 0.6) is 0 Å². The number of hydrogen-bond donors (Lipinski definition) is 2. The minimum absolute atomic E-state index is 0.0557. The number of nitrogens with zero attached hydrogens (tertiary/aromatic N) is 3. The van der Waals surface area contributed by atoms with Crippen LogP contribution in [0.25, 0.3) is 22.4 Å². The third-order valence-corrected chi connectivity index (χ3v) is 7.20. The molecule has 2 aromatic heterocycles. The van der Waals surface area contributed by atoms with Gasteiger partial charge in [-0.2, -0.15) is 13.2 Å². The van der Waals surface area contributed by atoms with E-state index in [-0.39, 0.29) is 30.0 Å². The molecule has 0 aliphatic carbocycles. The van der Waals surface area contributed by atoms with Gasteiger partial charge in [-0.25, -0.2) is 18.6 Å². The summed E-state index contributed by atoms with van der Waals surface area (Å²) in [4.78, 5) is 30.9. The number of halogens is 5. The van der Waals surface area contributed by atoms with Gasteiger partial charge in [0, 0.05) is 47.1 Å². The molecule has 2 aromatic carbocycles. The van der Waals surface area contributed by atoms with Crippen LogP contribution in [0.4, 0.5) is 32.6 Å². The van der Waals surface area contributed by atoms with Crippen molar-refractivity contribution in [3.8, 4) is 22.4 Å². The number of anilines is 1. The van der Waals surface area contributed by atoms with Crippen molar-refractivity contribution in [3.63, 3.8) is 0 Å². The van der Waals surface area contributed by atoms with E-state index in [4.69, 9.17) is 0 Å². The molecule has 224 valence electrons. The van der Waals surface area contributed by atoms with Crippen molar-refractivity contribution in [1.29, 1.82) is 0 Å². The van der Waals surface area contributed by atoms with E-state index in [2.05, 4.69) is 10.3 Å². The van der Waals surface area contributed by atoms with Crippen LogP contribution in [0, 0.1) is 11.6 Å². The summed E-state index contributed by atoms with van der Waals surface area (Å²) in [5.41, 5.74) is 0.303. The number of fused-ring (bicyclic) bond motifs is 1. The quantitative estimate of drug-likeness (QED) is 0.239. The SMILES string of the molecule is CC(C)(C)N(C(=O)O)c1cc(-c2c(-c3ccc(F)cc3)c3c(n2Cc2ccc(C(F)(F)F)cc2F)CCNC3=O)ccn1. The number of hydrogen-bond acceptors (Lipinski definition) is 3. The summed E-state index contributed by atoms with van der Waals surface area (Å²) in [7, 11) is 0. The van der Waals surface area contributed by atoms with Crippen LogP contribution >= 0.6 is 0 Å². The number of nitrogens with one attached hydrogen (secondary N) is 1. The Bertz CT molecular complexity index is 1720. The Labute approximate surface area is 243 Å². The fraction of sp³-hybridized carbons (Fsp3) is 0.258. The molecule has 0 bridgehead atoms. The van der Waals surface area contributed by atoms with Crippen molar-refractivity contribution < 1.29 is 36.6 Å². The molecule has 0 spiro atoms. The van der Waals surface area contributed by atoms with Gasteiger partial charge in [-0.1, -0.05) is 18.2 Å². The molecule has 12 heteroatoms. The number of rotatable bonds is 5. The van der Waals surface area contributed by atoms with Crippen LogP contribution in [0.2, 0.25) is 0 Å². The molecular weight excluding hydrogens is 571 g/mol. The zero-order valence-corrected chi connectivity index (χ0v) is 23.4. The Hall–Kier alpha value is -4.74. The number of pyridine rings is 1. The summed E-state index contributed by atoms with van der Waals surface area (Å²) in [6, 6.07) is 10.8. The van der Waals surface area contributed by atoms with Gasteiger partial charge in [0.25, 0.3) is 5.91 Å². The molecule has 1 aliphatic rings. The molecule has 7 nitrogen and oxygen atoms in total. The highest BCUT2D eigenvalue weighted by molar-refractivity contribution is 6.07. The molecule has 43 heavy (non-hydrogen) atoms. The van der Waals surface area contributed by atoms with Crippen LogP contribution in [0.3, 0.4) is 0 Å². The van der Waals surface area contributed by atoms with Gasteiger partial charge in [0.2, 0.25) is 0 Å². The summed E-state index contributed by atoms with van der Waals surface area (Å²) in [6.07, 6.45) is -4.27. The molecule has 0 fully saturated rings. The molecule has 3 heterocycles. The number of aromatic nitrogens is 2. The lowest BCUT2D eigenvalue weighted by atomic mass is 9.95. The molecule has 5 rings (SSSR count). The van der Waals surface area contributed by atoms with E-state index in [0.717, 1.165) is 17.0 Å². The van der Waals surface area contributed by atoms with Crippen molar-refractivity contribution in [2.45, 2.75) is 45.5 Å². The first-order chi connectivity index (χ1) is 20.2. The van der Waals surface area contributed by atoms with Gasteiger partial charge in [-0.3, -0.25) is 9.69 Å². The van der Waals surface area contributed by atoms with Crippen LogP contribution in [0.1, 0.15) is 48.0 Å². The summed E-state index contributed by atoms with van der Waals surface area (Å²) < 4.78 is 70.5. The van der Waals surface area contributed by atoms with Crippen LogP contribution in [0.15, 0.2) is 60.8 Å². The maximum atomic E-state index is 15.2. The van der Waals surface area contributed by atoms with Crippen LogP contribution < -0.4 is 10.2 Å². The molecule has 0 saturated carbocycles. The maximum absolute atomic E-state index is 15.2. The van der Waals surface area contributed by atoms with Crippen molar-refractivity contribution in [2.24, 2.45) is 0 Å². The van der Waals surface area contributed by atoms with Gasteiger partial charge in [-0.05, 0) is 62.7 Å². The van der Waals surface area contributed by atoms with Crippen LogP contribution in [-0.2, 0) is 19.1 Å². The predicted molar refractivity (Wildman–Crippen MR) is 150 cm³/mol. The topological polar surface area (TPSA) is 87.5 Å². The van der Waals surface area contributed by atoms with Crippen molar-refractivity contribution in [3.05, 3.63) is 94.8 Å². The minimum Gasteiger partial charge on any atom is -0.465 e. The normalized spacial score (nSPS) is 13.4. The van der Waals surface area contributed by atoms with Gasteiger partial charge in [0.1, 0.15) is 17.5 Å². The van der Waals surface area contributed by atoms with E-state index in [9.17, 15) is 32.3 Å². The van der Waals surface area contributed by atoms with Gasteiger partial charge < -0.3 is 15.0 Å². The summed E-state index contributed by atoms with van der Waals surface area (Å²) in [5.74, 6) is -1.93. The Morgan fingerprint density at radius 1 is 1.00 bits per heavy atom. The second kappa shape index (κ2) is 10.8. The van der Waals surface area contributed by atoms with Gasteiger partial charge >= 0.3 is 12.3 Å². The predicted octanol–water partition coefficient (Wildman–Crippen LogP) is 7.13. The lowest BCUT2D eigenvalue weighted by molar-refractivity contribution is -0.137. The summed E-state index contributed by atoms with van der Waals surface area (Å²) in [5, 5.41) is 12.8. The number of alkyl halides is 3. The monoisotopic (exact) mass is 598 g/mol. The zero-order valence-electron chi connectivity index (χ0n) is 23.4. The standard InChI is InChI=1S/C31H27F5N4O3/c1-30(2,3)40(29(42)43)24-14-18(10-12-37-24)27-25(17-5-8-21(32)9-6-17)26-23(11-13-38-28(26)41)39(27)16-19-4-7-20(15-22(19)33)31(34,35)36/h4-10,12,14-15H,11,13,16H2,1-3H3,(H,38,41)(H,42,43). The molecular formula is C31H27F5N4O3. The summed E-state index contributed by atoms with van der Waals surface area (Å²) in [6.45, 7) is 5.09. The molecule has 0 radical (unpaired) electrons. The zero-order chi connectivity index (χ0) is 31.3. The van der Waals surface area contributed by atoms with Crippen molar-refractivity contribution in [2.75, 3.05) is 11.4 Å².